The number of nitrogens with zero attached hydrogens (tertiary/aromatic N) is 6. The monoisotopic (exact) mass is 376 g/mol. The molecule has 0 spiro atoms. The minimum Gasteiger partial charge on any atom is -0.460 e. The number of rotatable bonds is 4. The van der Waals surface area contributed by atoms with E-state index in [2.05, 4.69) is 25.0 Å². The molecule has 1 aromatic carbocycles. The maximum absolute atomic E-state index is 5.97. The van der Waals surface area contributed by atoms with E-state index >= 15 is 0 Å². The number of anilines is 1. The van der Waals surface area contributed by atoms with E-state index in [1.165, 1.54) is 0 Å². The summed E-state index contributed by atoms with van der Waals surface area (Å²) in [6, 6.07) is 8.91. The fourth-order valence-electron chi connectivity index (χ4n) is 3.41. The molecule has 0 N–H and O–H groups in total. The van der Waals surface area contributed by atoms with Crippen molar-refractivity contribution in [2.75, 3.05) is 18.0 Å². The van der Waals surface area contributed by atoms with Crippen molar-refractivity contribution >= 4 is 17.1 Å². The van der Waals surface area contributed by atoms with Crippen LogP contribution in [0.4, 0.5) is 6.01 Å². The van der Waals surface area contributed by atoms with Crippen LogP contribution in [0, 0.1) is 0 Å². The predicted molar refractivity (Wildman–Crippen MR) is 104 cm³/mol. The van der Waals surface area contributed by atoms with Crippen molar-refractivity contribution in [1.82, 2.24) is 24.7 Å². The van der Waals surface area contributed by atoms with Crippen LogP contribution in [0.2, 0.25) is 0 Å². The Kier molecular flexibility index (Phi) is 4.16. The van der Waals surface area contributed by atoms with E-state index in [9.17, 15) is 0 Å². The molecule has 1 fully saturated rings. The van der Waals surface area contributed by atoms with Gasteiger partial charge in [0.05, 0.1) is 6.20 Å². The Hall–Kier alpha value is -3.42. The minimum atomic E-state index is 0.0878. The van der Waals surface area contributed by atoms with Crippen molar-refractivity contribution in [2.24, 2.45) is 7.05 Å². The SMILES string of the molecule is Cn1cc(-c2cnc(OC3CCN(c4nc5ccccc5o4)CC3)nc2)cn1. The van der Waals surface area contributed by atoms with Crippen LogP contribution < -0.4 is 9.64 Å². The molecule has 5 rings (SSSR count). The van der Waals surface area contributed by atoms with Gasteiger partial charge in [0.2, 0.25) is 0 Å². The number of benzene rings is 1. The largest absolute Gasteiger partial charge is 0.460 e. The number of aromatic nitrogens is 5. The van der Waals surface area contributed by atoms with Gasteiger partial charge in [0.25, 0.3) is 6.01 Å². The minimum absolute atomic E-state index is 0.0878. The Balaban J connectivity index is 1.20. The van der Waals surface area contributed by atoms with Gasteiger partial charge in [0.1, 0.15) is 11.6 Å². The zero-order chi connectivity index (χ0) is 18.9. The lowest BCUT2D eigenvalue weighted by Gasteiger charge is -2.30. The van der Waals surface area contributed by atoms with E-state index in [0.29, 0.717) is 12.0 Å². The summed E-state index contributed by atoms with van der Waals surface area (Å²) < 4.78 is 13.6. The molecule has 0 saturated carbocycles. The molecule has 0 unspecified atom stereocenters. The van der Waals surface area contributed by atoms with E-state index in [-0.39, 0.29) is 6.10 Å². The number of hydrogen-bond acceptors (Lipinski definition) is 7. The van der Waals surface area contributed by atoms with Gasteiger partial charge in [-0.25, -0.2) is 9.97 Å². The molecule has 0 amide bonds. The Morgan fingerprint density at radius 2 is 1.82 bits per heavy atom. The standard InChI is InChI=1S/C20H20N6O2/c1-25-13-15(12-23-25)14-10-21-19(22-11-14)27-16-6-8-26(9-7-16)20-24-17-4-2-3-5-18(17)28-20/h2-5,10-13,16H,6-9H2,1H3. The molecule has 0 atom stereocenters. The summed E-state index contributed by atoms with van der Waals surface area (Å²) >= 11 is 0. The smallest absolute Gasteiger partial charge is 0.316 e. The first-order chi connectivity index (χ1) is 13.7. The summed E-state index contributed by atoms with van der Waals surface area (Å²) in [4.78, 5) is 15.4. The summed E-state index contributed by atoms with van der Waals surface area (Å²) in [6.45, 7) is 1.65. The average Bonchev–Trinajstić information content (AvgIpc) is 3.35. The van der Waals surface area contributed by atoms with Gasteiger partial charge in [-0.3, -0.25) is 4.68 Å². The maximum atomic E-state index is 5.97. The Morgan fingerprint density at radius 3 is 2.54 bits per heavy atom. The first-order valence-corrected chi connectivity index (χ1v) is 9.33. The molecule has 0 bridgehead atoms. The zero-order valence-electron chi connectivity index (χ0n) is 15.5. The van der Waals surface area contributed by atoms with Gasteiger partial charge >= 0.3 is 6.01 Å². The van der Waals surface area contributed by atoms with Gasteiger partial charge in [-0.1, -0.05) is 12.1 Å². The highest BCUT2D eigenvalue weighted by Crippen LogP contribution is 2.25. The van der Waals surface area contributed by atoms with Crippen LogP contribution in [-0.2, 0) is 7.05 Å². The lowest BCUT2D eigenvalue weighted by atomic mass is 10.1. The number of fused-ring (bicyclic) bond motifs is 1. The molecule has 1 aliphatic heterocycles. The van der Waals surface area contributed by atoms with E-state index in [0.717, 1.165) is 48.2 Å². The number of hydrogen-bond donors (Lipinski definition) is 0. The normalized spacial score (nSPS) is 15.2. The van der Waals surface area contributed by atoms with Crippen molar-refractivity contribution in [1.29, 1.82) is 0 Å². The van der Waals surface area contributed by atoms with Gasteiger partial charge in [0.15, 0.2) is 5.58 Å². The van der Waals surface area contributed by atoms with E-state index < -0.39 is 0 Å². The second kappa shape index (κ2) is 6.95. The van der Waals surface area contributed by atoms with Crippen molar-refractivity contribution in [3.05, 3.63) is 49.1 Å². The molecule has 8 nitrogen and oxygen atoms in total. The third kappa shape index (κ3) is 3.28. The van der Waals surface area contributed by atoms with Crippen molar-refractivity contribution in [2.45, 2.75) is 18.9 Å². The summed E-state index contributed by atoms with van der Waals surface area (Å²) in [5.74, 6) is 0. The number of para-hydroxylation sites is 2. The van der Waals surface area contributed by atoms with E-state index in [4.69, 9.17) is 9.15 Å². The van der Waals surface area contributed by atoms with Crippen LogP contribution in [0.25, 0.3) is 22.2 Å². The number of oxazole rings is 1. The molecule has 0 aliphatic carbocycles. The Labute approximate surface area is 161 Å². The second-order valence-corrected chi connectivity index (χ2v) is 6.93. The molecule has 28 heavy (non-hydrogen) atoms. The predicted octanol–water partition coefficient (Wildman–Crippen LogP) is 3.07. The first-order valence-electron chi connectivity index (χ1n) is 9.33. The quantitative estimate of drug-likeness (QED) is 0.541. The number of ether oxygens (including phenoxy) is 1. The van der Waals surface area contributed by atoms with Gasteiger partial charge < -0.3 is 14.1 Å². The van der Waals surface area contributed by atoms with E-state index in [1.54, 1.807) is 23.3 Å². The van der Waals surface area contributed by atoms with Crippen LogP contribution in [0.3, 0.4) is 0 Å². The Bertz CT molecular complexity index is 1050. The van der Waals surface area contributed by atoms with Gasteiger partial charge in [-0.15, -0.1) is 0 Å². The van der Waals surface area contributed by atoms with Crippen LogP contribution in [0.15, 0.2) is 53.5 Å². The van der Waals surface area contributed by atoms with Crippen LogP contribution in [-0.4, -0.2) is 43.9 Å². The molecule has 3 aromatic heterocycles. The lowest BCUT2D eigenvalue weighted by Crippen LogP contribution is -2.38. The summed E-state index contributed by atoms with van der Waals surface area (Å²) in [5, 5.41) is 4.17. The average molecular weight is 376 g/mol. The molecule has 142 valence electrons. The molecule has 1 aliphatic rings. The van der Waals surface area contributed by atoms with Crippen LogP contribution in [0.5, 0.6) is 6.01 Å². The molecule has 8 heteroatoms. The molecule has 4 aromatic rings. The molecular formula is C20H20N6O2. The van der Waals surface area contributed by atoms with Crippen LogP contribution >= 0.6 is 0 Å². The van der Waals surface area contributed by atoms with Crippen molar-refractivity contribution in [3.8, 4) is 17.1 Å². The summed E-state index contributed by atoms with van der Waals surface area (Å²) in [6.07, 6.45) is 9.09. The molecular weight excluding hydrogens is 356 g/mol. The molecule has 0 radical (unpaired) electrons. The zero-order valence-corrected chi connectivity index (χ0v) is 15.5. The summed E-state index contributed by atoms with van der Waals surface area (Å²) in [7, 11) is 1.88. The molecule has 4 heterocycles. The number of aryl methyl sites for hydroxylation is 1. The highest BCUT2D eigenvalue weighted by atomic mass is 16.5. The third-order valence-corrected chi connectivity index (χ3v) is 4.93. The Morgan fingerprint density at radius 1 is 1.04 bits per heavy atom. The second-order valence-electron chi connectivity index (χ2n) is 6.93. The highest BCUT2D eigenvalue weighted by molar-refractivity contribution is 5.74. The summed E-state index contributed by atoms with van der Waals surface area (Å²) in [5.41, 5.74) is 3.61. The van der Waals surface area contributed by atoms with Crippen LogP contribution in [0.1, 0.15) is 12.8 Å². The lowest BCUT2D eigenvalue weighted by molar-refractivity contribution is 0.155. The van der Waals surface area contributed by atoms with Gasteiger partial charge in [0, 0.05) is 62.7 Å². The number of piperidine rings is 1. The topological polar surface area (TPSA) is 82.1 Å². The third-order valence-electron chi connectivity index (χ3n) is 4.93. The fourth-order valence-corrected chi connectivity index (χ4v) is 3.41. The maximum Gasteiger partial charge on any atom is 0.316 e. The van der Waals surface area contributed by atoms with Crippen molar-refractivity contribution in [3.63, 3.8) is 0 Å². The van der Waals surface area contributed by atoms with Gasteiger partial charge in [-0.2, -0.15) is 10.1 Å². The highest BCUT2D eigenvalue weighted by Gasteiger charge is 2.24. The van der Waals surface area contributed by atoms with Crippen molar-refractivity contribution < 1.29 is 9.15 Å². The first kappa shape index (κ1) is 16.7. The van der Waals surface area contributed by atoms with Gasteiger partial charge in [-0.05, 0) is 12.1 Å². The molecule has 1 saturated heterocycles. The van der Waals surface area contributed by atoms with E-state index in [1.807, 2.05) is 37.5 Å². The fraction of sp³-hybridized carbons (Fsp3) is 0.300.